The fourth-order valence-corrected chi connectivity index (χ4v) is 5.24. The lowest BCUT2D eigenvalue weighted by Gasteiger charge is -2.27. The summed E-state index contributed by atoms with van der Waals surface area (Å²) in [5, 5.41) is 5.64. The summed E-state index contributed by atoms with van der Waals surface area (Å²) in [5.41, 5.74) is 3.56. The molecule has 0 radical (unpaired) electrons. The van der Waals surface area contributed by atoms with E-state index >= 15 is 0 Å². The van der Waals surface area contributed by atoms with Gasteiger partial charge in [-0.15, -0.1) is 11.8 Å². The highest BCUT2D eigenvalue weighted by molar-refractivity contribution is 8.00. The number of rotatable bonds is 6. The third kappa shape index (κ3) is 5.25. The first-order chi connectivity index (χ1) is 16.7. The van der Waals surface area contributed by atoms with Gasteiger partial charge in [0.25, 0.3) is 5.91 Å². The zero-order valence-corrected chi connectivity index (χ0v) is 21.1. The number of aryl methyl sites for hydroxylation is 2. The van der Waals surface area contributed by atoms with Crippen molar-refractivity contribution in [3.8, 4) is 0 Å². The van der Waals surface area contributed by atoms with Gasteiger partial charge in [-0.25, -0.2) is 0 Å². The van der Waals surface area contributed by atoms with E-state index in [4.69, 9.17) is 0 Å². The van der Waals surface area contributed by atoms with Gasteiger partial charge in [-0.2, -0.15) is 0 Å². The Hall–Kier alpha value is -3.58. The van der Waals surface area contributed by atoms with E-state index < -0.39 is 5.54 Å². The number of amides is 3. The Kier molecular flexibility index (Phi) is 6.98. The van der Waals surface area contributed by atoms with E-state index in [-0.39, 0.29) is 23.1 Å². The number of anilines is 2. The number of thioether (sulfide) groups is 1. The third-order valence-electron chi connectivity index (χ3n) is 6.05. The van der Waals surface area contributed by atoms with Crippen LogP contribution in [0.5, 0.6) is 0 Å². The van der Waals surface area contributed by atoms with Crippen LogP contribution in [0.25, 0.3) is 0 Å². The van der Waals surface area contributed by atoms with Crippen molar-refractivity contribution in [2.24, 2.45) is 0 Å². The van der Waals surface area contributed by atoms with E-state index in [9.17, 15) is 14.4 Å². The van der Waals surface area contributed by atoms with Gasteiger partial charge in [0.2, 0.25) is 11.8 Å². The van der Waals surface area contributed by atoms with Gasteiger partial charge in [0.15, 0.2) is 0 Å². The SMILES string of the molecule is Cc1cccc(C)c1NC(=O)C(C)(C)NC(=O)c1cccc(N2C(=O)CS[C@H]2c2ccccc2)c1. The lowest BCUT2D eigenvalue weighted by atomic mass is 10.0. The summed E-state index contributed by atoms with van der Waals surface area (Å²) in [4.78, 5) is 40.7. The molecule has 1 heterocycles. The van der Waals surface area contributed by atoms with Gasteiger partial charge in [0, 0.05) is 16.9 Å². The summed E-state index contributed by atoms with van der Waals surface area (Å²) in [6, 6.07) is 22.6. The number of carbonyl (C=O) groups is 3. The summed E-state index contributed by atoms with van der Waals surface area (Å²) in [5.74, 6) is -0.324. The molecular weight excluding hydrogens is 458 g/mol. The average Bonchev–Trinajstić information content (AvgIpc) is 3.23. The predicted octanol–water partition coefficient (Wildman–Crippen LogP) is 5.23. The van der Waals surface area contributed by atoms with Crippen LogP contribution in [0.15, 0.2) is 72.8 Å². The highest BCUT2D eigenvalue weighted by Crippen LogP contribution is 2.41. The van der Waals surface area contributed by atoms with E-state index in [0.29, 0.717) is 17.0 Å². The first-order valence-electron chi connectivity index (χ1n) is 11.5. The molecule has 0 saturated carbocycles. The second kappa shape index (κ2) is 9.96. The highest BCUT2D eigenvalue weighted by atomic mass is 32.2. The average molecular weight is 488 g/mol. The topological polar surface area (TPSA) is 78.5 Å². The normalized spacial score (nSPS) is 15.7. The number of nitrogens with zero attached hydrogens (tertiary/aromatic N) is 1. The number of nitrogens with one attached hydrogen (secondary N) is 2. The van der Waals surface area contributed by atoms with Crippen molar-refractivity contribution in [2.75, 3.05) is 16.0 Å². The molecule has 35 heavy (non-hydrogen) atoms. The smallest absolute Gasteiger partial charge is 0.252 e. The Balaban J connectivity index is 1.52. The lowest BCUT2D eigenvalue weighted by Crippen LogP contribution is -2.52. The van der Waals surface area contributed by atoms with Crippen LogP contribution in [0.2, 0.25) is 0 Å². The molecule has 0 aromatic heterocycles. The van der Waals surface area contributed by atoms with Crippen LogP contribution in [-0.2, 0) is 9.59 Å². The summed E-state index contributed by atoms with van der Waals surface area (Å²) in [7, 11) is 0. The summed E-state index contributed by atoms with van der Waals surface area (Å²) < 4.78 is 0. The first kappa shape index (κ1) is 24.5. The first-order valence-corrected chi connectivity index (χ1v) is 12.5. The van der Waals surface area contributed by atoms with Crippen molar-refractivity contribution in [3.63, 3.8) is 0 Å². The molecule has 7 heteroatoms. The van der Waals surface area contributed by atoms with Gasteiger partial charge in [0.05, 0.1) is 5.75 Å². The maximum atomic E-state index is 13.2. The van der Waals surface area contributed by atoms with Crippen LogP contribution in [0.3, 0.4) is 0 Å². The molecule has 4 rings (SSSR count). The van der Waals surface area contributed by atoms with Crippen LogP contribution in [0.4, 0.5) is 11.4 Å². The van der Waals surface area contributed by atoms with Gasteiger partial charge >= 0.3 is 0 Å². The number of hydrogen-bond acceptors (Lipinski definition) is 4. The molecule has 0 aliphatic carbocycles. The maximum Gasteiger partial charge on any atom is 0.252 e. The molecule has 3 amide bonds. The fourth-order valence-electron chi connectivity index (χ4n) is 4.06. The Morgan fingerprint density at radius 2 is 1.60 bits per heavy atom. The Labute approximate surface area is 210 Å². The fraction of sp³-hybridized carbons (Fsp3) is 0.250. The van der Waals surface area contributed by atoms with Gasteiger partial charge < -0.3 is 10.6 Å². The van der Waals surface area contributed by atoms with Crippen molar-refractivity contribution in [1.29, 1.82) is 0 Å². The quantitative estimate of drug-likeness (QED) is 0.499. The maximum absolute atomic E-state index is 13.2. The second-order valence-electron chi connectivity index (χ2n) is 9.19. The molecule has 6 nitrogen and oxygen atoms in total. The summed E-state index contributed by atoms with van der Waals surface area (Å²) in [6.45, 7) is 7.20. The summed E-state index contributed by atoms with van der Waals surface area (Å²) >= 11 is 1.56. The minimum absolute atomic E-state index is 0.00489. The number of para-hydroxylation sites is 1. The summed E-state index contributed by atoms with van der Waals surface area (Å²) in [6.07, 6.45) is 0. The minimum Gasteiger partial charge on any atom is -0.338 e. The molecule has 1 aliphatic rings. The second-order valence-corrected chi connectivity index (χ2v) is 10.3. The van der Waals surface area contributed by atoms with E-state index in [0.717, 1.165) is 22.4 Å². The molecule has 0 bridgehead atoms. The van der Waals surface area contributed by atoms with Gasteiger partial charge in [-0.3, -0.25) is 19.3 Å². The zero-order valence-electron chi connectivity index (χ0n) is 20.3. The Bertz CT molecular complexity index is 1250. The minimum atomic E-state index is -1.16. The molecule has 0 unspecified atom stereocenters. The molecule has 3 aromatic rings. The van der Waals surface area contributed by atoms with Crippen LogP contribution >= 0.6 is 11.8 Å². The molecule has 2 N–H and O–H groups in total. The van der Waals surface area contributed by atoms with Crippen LogP contribution < -0.4 is 15.5 Å². The van der Waals surface area contributed by atoms with Gasteiger partial charge in [-0.05, 0) is 62.6 Å². The highest BCUT2D eigenvalue weighted by Gasteiger charge is 2.35. The van der Waals surface area contributed by atoms with Crippen molar-refractivity contribution in [3.05, 3.63) is 95.1 Å². The molecule has 1 fully saturated rings. The molecular formula is C28H29N3O3S. The third-order valence-corrected chi connectivity index (χ3v) is 7.26. The number of carbonyl (C=O) groups excluding carboxylic acids is 3. The predicted molar refractivity (Wildman–Crippen MR) is 142 cm³/mol. The van der Waals surface area contributed by atoms with E-state index in [1.807, 2.05) is 68.4 Å². The molecule has 1 atom stereocenters. The lowest BCUT2D eigenvalue weighted by molar-refractivity contribution is -0.121. The van der Waals surface area contributed by atoms with Crippen LogP contribution in [0, 0.1) is 13.8 Å². The molecule has 1 saturated heterocycles. The molecule has 3 aromatic carbocycles. The largest absolute Gasteiger partial charge is 0.338 e. The van der Waals surface area contributed by atoms with Crippen LogP contribution in [0.1, 0.15) is 46.3 Å². The van der Waals surface area contributed by atoms with Crippen LogP contribution in [-0.4, -0.2) is 29.0 Å². The van der Waals surface area contributed by atoms with Crippen molar-refractivity contribution in [2.45, 2.75) is 38.6 Å². The van der Waals surface area contributed by atoms with Gasteiger partial charge in [0.1, 0.15) is 10.9 Å². The van der Waals surface area contributed by atoms with E-state index in [1.54, 1.807) is 48.7 Å². The number of hydrogen-bond donors (Lipinski definition) is 2. The zero-order chi connectivity index (χ0) is 25.2. The van der Waals surface area contributed by atoms with E-state index in [1.165, 1.54) is 0 Å². The Morgan fingerprint density at radius 1 is 0.943 bits per heavy atom. The standard InChI is InChI=1S/C28H29N3O3S/c1-18-10-8-11-19(2)24(18)29-27(34)28(3,4)30-25(33)21-14-9-15-22(16-21)31-23(32)17-35-26(31)20-12-6-5-7-13-20/h5-16,26H,17H2,1-4H3,(H,29,34)(H,30,33)/t26-/m0/s1. The Morgan fingerprint density at radius 3 is 2.29 bits per heavy atom. The van der Waals surface area contributed by atoms with Crippen molar-refractivity contribution in [1.82, 2.24) is 5.32 Å². The van der Waals surface area contributed by atoms with Crippen molar-refractivity contribution < 1.29 is 14.4 Å². The van der Waals surface area contributed by atoms with E-state index in [2.05, 4.69) is 10.6 Å². The monoisotopic (exact) mass is 487 g/mol. The molecule has 0 spiro atoms. The van der Waals surface area contributed by atoms with Crippen molar-refractivity contribution >= 4 is 40.9 Å². The molecule has 1 aliphatic heterocycles. The van der Waals surface area contributed by atoms with Gasteiger partial charge in [-0.1, -0.05) is 54.6 Å². The molecule has 180 valence electrons. The number of benzene rings is 3.